The number of amides is 1. The van der Waals surface area contributed by atoms with Crippen LogP contribution in [0.3, 0.4) is 0 Å². The number of carbonyl (C=O) groups is 2. The van der Waals surface area contributed by atoms with Gasteiger partial charge >= 0.3 is 5.97 Å². The predicted octanol–water partition coefficient (Wildman–Crippen LogP) is 1.15. The number of carboxylic acids is 1. The molecule has 1 aliphatic carbocycles. The summed E-state index contributed by atoms with van der Waals surface area (Å²) in [7, 11) is 1.77. The number of β-lactam (4-membered cyclic amide) rings is 1. The molecule has 8 nitrogen and oxygen atoms in total. The van der Waals surface area contributed by atoms with E-state index in [0.29, 0.717) is 31.1 Å². The minimum atomic E-state index is -1.23. The molecule has 3 rings (SSSR count). The van der Waals surface area contributed by atoms with E-state index in [1.165, 1.54) is 19.3 Å². The molecule has 156 valence electrons. The number of aliphatic imine (C=N–C) groups is 1. The van der Waals surface area contributed by atoms with Gasteiger partial charge in [-0.1, -0.05) is 24.8 Å². The number of nitrogens with zero attached hydrogens (tertiary/aromatic N) is 3. The van der Waals surface area contributed by atoms with E-state index in [9.17, 15) is 19.8 Å². The standard InChI is InChI=1S/C20H32N4O4/c1-12(14-6-4-3-5-7-14)23(2)20(28)24-17(19(26)27)15(18(24)25)10-13-8-9-22-16(21)11-13/h11-12,14-15,17,20,28H,3-10H2,1-2H3,(H2,21,22)(H,26,27). The van der Waals surface area contributed by atoms with Crippen LogP contribution in [-0.4, -0.2) is 69.8 Å². The summed E-state index contributed by atoms with van der Waals surface area (Å²) in [5.41, 5.74) is 6.66. The van der Waals surface area contributed by atoms with Crippen molar-refractivity contribution >= 4 is 17.7 Å². The molecule has 1 amide bonds. The summed E-state index contributed by atoms with van der Waals surface area (Å²) in [5.74, 6) is -1.19. The van der Waals surface area contributed by atoms with Gasteiger partial charge in [0.25, 0.3) is 0 Å². The number of hydrogen-bond acceptors (Lipinski definition) is 6. The summed E-state index contributed by atoms with van der Waals surface area (Å²) in [6.07, 6.45) is 7.35. The summed E-state index contributed by atoms with van der Waals surface area (Å²) >= 11 is 0. The van der Waals surface area contributed by atoms with Gasteiger partial charge < -0.3 is 15.9 Å². The molecule has 28 heavy (non-hydrogen) atoms. The van der Waals surface area contributed by atoms with Gasteiger partial charge in [-0.15, -0.1) is 0 Å². The van der Waals surface area contributed by atoms with Gasteiger partial charge in [0.05, 0.1) is 5.92 Å². The van der Waals surface area contributed by atoms with E-state index in [0.717, 1.165) is 23.3 Å². The van der Waals surface area contributed by atoms with Crippen molar-refractivity contribution in [3.05, 3.63) is 11.6 Å². The highest BCUT2D eigenvalue weighted by atomic mass is 16.4. The Bertz CT molecular complexity index is 671. The van der Waals surface area contributed by atoms with Gasteiger partial charge in [0.2, 0.25) is 5.91 Å². The third-order valence-electron chi connectivity index (χ3n) is 6.65. The first-order chi connectivity index (χ1) is 13.3. The van der Waals surface area contributed by atoms with Crippen LogP contribution in [0.4, 0.5) is 0 Å². The van der Waals surface area contributed by atoms with Crippen molar-refractivity contribution < 1.29 is 19.8 Å². The first-order valence-electron chi connectivity index (χ1n) is 10.3. The third-order valence-corrected chi connectivity index (χ3v) is 6.65. The number of aliphatic hydroxyl groups excluding tert-OH is 1. The van der Waals surface area contributed by atoms with Crippen LogP contribution in [0, 0.1) is 11.8 Å². The molecule has 1 saturated carbocycles. The molecule has 4 unspecified atom stereocenters. The van der Waals surface area contributed by atoms with Crippen molar-refractivity contribution in [2.45, 2.75) is 70.3 Å². The zero-order valence-corrected chi connectivity index (χ0v) is 16.8. The maximum atomic E-state index is 12.8. The van der Waals surface area contributed by atoms with Crippen LogP contribution < -0.4 is 5.73 Å². The fourth-order valence-corrected chi connectivity index (χ4v) is 4.78. The van der Waals surface area contributed by atoms with Gasteiger partial charge in [-0.3, -0.25) is 19.6 Å². The topological polar surface area (TPSA) is 119 Å². The molecule has 2 aliphatic heterocycles. The first kappa shape index (κ1) is 20.8. The lowest BCUT2D eigenvalue weighted by molar-refractivity contribution is -0.209. The molecule has 4 atom stereocenters. The number of carbonyl (C=O) groups excluding carboxylic acids is 1. The molecular weight excluding hydrogens is 360 g/mol. The largest absolute Gasteiger partial charge is 0.480 e. The Morgan fingerprint density at radius 2 is 2.07 bits per heavy atom. The SMILES string of the molecule is CC(C1CCCCC1)N(C)C(O)N1C(=O)C(CC2=CC(N)=NCC2)C1C(=O)O. The van der Waals surface area contributed by atoms with E-state index in [4.69, 9.17) is 5.73 Å². The van der Waals surface area contributed by atoms with Crippen LogP contribution in [0.2, 0.25) is 0 Å². The molecule has 0 aromatic carbocycles. The Balaban J connectivity index is 1.68. The van der Waals surface area contributed by atoms with Crippen molar-refractivity contribution in [1.29, 1.82) is 0 Å². The highest BCUT2D eigenvalue weighted by molar-refractivity contribution is 5.97. The van der Waals surface area contributed by atoms with E-state index < -0.39 is 24.3 Å². The second-order valence-corrected chi connectivity index (χ2v) is 8.35. The molecule has 2 heterocycles. The average molecular weight is 393 g/mol. The first-order valence-corrected chi connectivity index (χ1v) is 10.3. The fraction of sp³-hybridized carbons (Fsp3) is 0.750. The van der Waals surface area contributed by atoms with Gasteiger partial charge in [0, 0.05) is 12.6 Å². The minimum absolute atomic E-state index is 0.0775. The van der Waals surface area contributed by atoms with Crippen LogP contribution in [0.15, 0.2) is 16.6 Å². The number of carboxylic acid groups (broad SMARTS) is 1. The summed E-state index contributed by atoms with van der Waals surface area (Å²) in [5, 5.41) is 20.5. The van der Waals surface area contributed by atoms with Gasteiger partial charge in [-0.2, -0.15) is 0 Å². The molecule has 2 fully saturated rings. The lowest BCUT2D eigenvalue weighted by Crippen LogP contribution is -2.71. The number of likely N-dealkylation sites (tertiary alicyclic amines) is 1. The lowest BCUT2D eigenvalue weighted by Gasteiger charge is -2.50. The molecule has 0 aromatic rings. The Hall–Kier alpha value is -1.93. The Kier molecular flexibility index (Phi) is 6.40. The summed E-state index contributed by atoms with van der Waals surface area (Å²) in [6, 6.07) is -0.946. The maximum Gasteiger partial charge on any atom is 0.327 e. The zero-order valence-electron chi connectivity index (χ0n) is 16.8. The predicted molar refractivity (Wildman–Crippen MR) is 105 cm³/mol. The number of dihydropyridines is 1. The molecule has 4 N–H and O–H groups in total. The minimum Gasteiger partial charge on any atom is -0.480 e. The maximum absolute atomic E-state index is 12.8. The molecule has 0 bridgehead atoms. The quantitative estimate of drug-likeness (QED) is 0.442. The Morgan fingerprint density at radius 3 is 2.68 bits per heavy atom. The Morgan fingerprint density at radius 1 is 1.39 bits per heavy atom. The monoisotopic (exact) mass is 392 g/mol. The summed E-state index contributed by atoms with van der Waals surface area (Å²) in [6.45, 7) is 2.61. The van der Waals surface area contributed by atoms with E-state index in [-0.39, 0.29) is 11.9 Å². The van der Waals surface area contributed by atoms with Crippen molar-refractivity contribution in [3.8, 4) is 0 Å². The van der Waals surface area contributed by atoms with Gasteiger partial charge in [0.15, 0.2) is 6.35 Å². The second kappa shape index (κ2) is 8.61. The highest BCUT2D eigenvalue weighted by Crippen LogP contribution is 2.37. The molecule has 8 heteroatoms. The molecular formula is C20H32N4O4. The van der Waals surface area contributed by atoms with Crippen molar-refractivity contribution in [2.75, 3.05) is 13.6 Å². The van der Waals surface area contributed by atoms with E-state index in [1.54, 1.807) is 18.0 Å². The summed E-state index contributed by atoms with van der Waals surface area (Å²) in [4.78, 5) is 31.6. The van der Waals surface area contributed by atoms with Crippen LogP contribution in [-0.2, 0) is 9.59 Å². The number of hydrogen-bond donors (Lipinski definition) is 3. The Labute approximate surface area is 166 Å². The van der Waals surface area contributed by atoms with Gasteiger partial charge in [-0.25, -0.2) is 4.79 Å². The van der Waals surface area contributed by atoms with Crippen molar-refractivity contribution in [1.82, 2.24) is 9.80 Å². The number of aliphatic carboxylic acids is 1. The zero-order chi connectivity index (χ0) is 20.4. The molecule has 3 aliphatic rings. The third kappa shape index (κ3) is 4.07. The molecule has 0 aromatic heterocycles. The van der Waals surface area contributed by atoms with Crippen LogP contribution in [0.25, 0.3) is 0 Å². The number of amidine groups is 1. The highest BCUT2D eigenvalue weighted by Gasteiger charge is 2.55. The van der Waals surface area contributed by atoms with Crippen LogP contribution in [0.5, 0.6) is 0 Å². The van der Waals surface area contributed by atoms with Gasteiger partial charge in [-0.05, 0) is 51.6 Å². The number of aliphatic hydroxyl groups is 1. The van der Waals surface area contributed by atoms with Crippen LogP contribution in [0.1, 0.15) is 51.9 Å². The van der Waals surface area contributed by atoms with E-state index in [1.807, 2.05) is 6.92 Å². The number of nitrogens with two attached hydrogens (primary N) is 1. The van der Waals surface area contributed by atoms with E-state index >= 15 is 0 Å². The van der Waals surface area contributed by atoms with Crippen molar-refractivity contribution in [3.63, 3.8) is 0 Å². The number of rotatable bonds is 7. The molecule has 0 radical (unpaired) electrons. The summed E-state index contributed by atoms with van der Waals surface area (Å²) < 4.78 is 0. The van der Waals surface area contributed by atoms with E-state index in [2.05, 4.69) is 4.99 Å². The second-order valence-electron chi connectivity index (χ2n) is 8.35. The van der Waals surface area contributed by atoms with Gasteiger partial charge in [0.1, 0.15) is 11.9 Å². The lowest BCUT2D eigenvalue weighted by atomic mass is 9.80. The average Bonchev–Trinajstić information content (AvgIpc) is 2.68. The molecule has 1 saturated heterocycles. The normalized spacial score (nSPS) is 28.4. The van der Waals surface area contributed by atoms with Crippen molar-refractivity contribution in [2.24, 2.45) is 22.6 Å². The molecule has 0 spiro atoms. The smallest absolute Gasteiger partial charge is 0.327 e. The van der Waals surface area contributed by atoms with Crippen LogP contribution >= 0.6 is 0 Å². The fourth-order valence-electron chi connectivity index (χ4n) is 4.78.